The van der Waals surface area contributed by atoms with Gasteiger partial charge in [-0.15, -0.1) is 0 Å². The molecule has 8 atom stereocenters. The highest BCUT2D eigenvalue weighted by Crippen LogP contribution is 2.60. The molecule has 0 unspecified atom stereocenters. The van der Waals surface area contributed by atoms with Gasteiger partial charge in [-0.25, -0.2) is 0 Å². The Morgan fingerprint density at radius 2 is 1.81 bits per heavy atom. The summed E-state index contributed by atoms with van der Waals surface area (Å²) in [5.41, 5.74) is 2.38. The van der Waals surface area contributed by atoms with Gasteiger partial charge in [0.15, 0.2) is 0 Å². The third-order valence-corrected chi connectivity index (χ3v) is 9.23. The third kappa shape index (κ3) is 5.24. The summed E-state index contributed by atoms with van der Waals surface area (Å²) < 4.78 is 0. The van der Waals surface area contributed by atoms with Crippen LogP contribution in [0.5, 0.6) is 0 Å². The summed E-state index contributed by atoms with van der Waals surface area (Å²) in [6.45, 7) is 14.7. The van der Waals surface area contributed by atoms with E-state index in [0.717, 1.165) is 44.1 Å². The van der Waals surface area contributed by atoms with Crippen molar-refractivity contribution in [3.8, 4) is 0 Å². The average molecular weight is 447 g/mol. The number of allylic oxidation sites excluding steroid dienone is 2. The van der Waals surface area contributed by atoms with Crippen LogP contribution in [0.25, 0.3) is 0 Å². The molecular formula is C28H46O4. The average Bonchev–Trinajstić information content (AvgIpc) is 2.98. The van der Waals surface area contributed by atoms with E-state index in [1.54, 1.807) is 0 Å². The van der Waals surface area contributed by atoms with Gasteiger partial charge in [-0.1, -0.05) is 51.5 Å². The highest BCUT2D eigenvalue weighted by atomic mass is 16.3. The van der Waals surface area contributed by atoms with Crippen LogP contribution in [0.4, 0.5) is 0 Å². The maximum atomic E-state index is 11.2. The van der Waals surface area contributed by atoms with E-state index in [1.807, 2.05) is 19.9 Å². The van der Waals surface area contributed by atoms with Gasteiger partial charge in [0.1, 0.15) is 0 Å². The number of rotatable bonds is 6. The van der Waals surface area contributed by atoms with Crippen LogP contribution < -0.4 is 0 Å². The molecule has 32 heavy (non-hydrogen) atoms. The normalized spacial score (nSPS) is 40.5. The summed E-state index contributed by atoms with van der Waals surface area (Å²) in [6, 6.07) is 0. The third-order valence-electron chi connectivity index (χ3n) is 9.23. The molecule has 4 N–H and O–H groups in total. The zero-order valence-corrected chi connectivity index (χ0v) is 20.8. The van der Waals surface area contributed by atoms with Crippen LogP contribution >= 0.6 is 0 Å². The van der Waals surface area contributed by atoms with Crippen LogP contribution in [0.2, 0.25) is 0 Å². The number of hydrogen-bond donors (Lipinski definition) is 4. The Morgan fingerprint density at radius 3 is 2.47 bits per heavy atom. The van der Waals surface area contributed by atoms with E-state index in [9.17, 15) is 20.4 Å². The highest BCUT2D eigenvalue weighted by Gasteiger charge is 2.55. The molecule has 0 aromatic heterocycles. The first kappa shape index (κ1) is 25.7. The van der Waals surface area contributed by atoms with E-state index in [-0.39, 0.29) is 23.4 Å². The first-order valence-electron chi connectivity index (χ1n) is 12.7. The van der Waals surface area contributed by atoms with Gasteiger partial charge in [-0.3, -0.25) is 0 Å². The van der Waals surface area contributed by atoms with E-state index in [0.29, 0.717) is 30.3 Å². The van der Waals surface area contributed by atoms with Crippen molar-refractivity contribution in [1.29, 1.82) is 0 Å². The summed E-state index contributed by atoms with van der Waals surface area (Å²) in [7, 11) is 0. The molecule has 0 radical (unpaired) electrons. The Morgan fingerprint density at radius 1 is 1.12 bits per heavy atom. The Labute approximate surface area is 195 Å². The predicted molar refractivity (Wildman–Crippen MR) is 130 cm³/mol. The fourth-order valence-electron chi connectivity index (χ4n) is 6.78. The fraction of sp³-hybridized carbons (Fsp3) is 0.786. The lowest BCUT2D eigenvalue weighted by atomic mass is 9.60. The summed E-state index contributed by atoms with van der Waals surface area (Å²) in [6.07, 6.45) is 9.74. The van der Waals surface area contributed by atoms with Gasteiger partial charge < -0.3 is 20.4 Å². The smallest absolute Gasteiger partial charge is 0.0811 e. The second kappa shape index (κ2) is 9.74. The molecule has 3 fully saturated rings. The molecule has 182 valence electrons. The van der Waals surface area contributed by atoms with Crippen LogP contribution in [-0.2, 0) is 0 Å². The minimum atomic E-state index is -0.673. The lowest BCUT2D eigenvalue weighted by molar-refractivity contribution is 0.0147. The molecule has 0 heterocycles. The highest BCUT2D eigenvalue weighted by molar-refractivity contribution is 5.39. The molecule has 0 aromatic carbocycles. The van der Waals surface area contributed by atoms with Crippen molar-refractivity contribution in [3.05, 3.63) is 35.5 Å². The van der Waals surface area contributed by atoms with Gasteiger partial charge in [0, 0.05) is 12.3 Å². The molecule has 3 saturated carbocycles. The summed E-state index contributed by atoms with van der Waals surface area (Å²) >= 11 is 0. The SMILES string of the molecule is C=C1/C(=C\C=C2\CCC[C@]3(C)[C@@H]([C@H](C)CC[C@H](C)C(C)(C)O)C[C@@H](O)[C@@H]23)C[C@@H](O)C[C@@H]1O. The van der Waals surface area contributed by atoms with Gasteiger partial charge in [0.2, 0.25) is 0 Å². The van der Waals surface area contributed by atoms with Crippen molar-refractivity contribution in [2.45, 2.75) is 110 Å². The summed E-state index contributed by atoms with van der Waals surface area (Å²) in [5, 5.41) is 41.7. The van der Waals surface area contributed by atoms with Gasteiger partial charge in [0.05, 0.1) is 23.9 Å². The van der Waals surface area contributed by atoms with Gasteiger partial charge >= 0.3 is 0 Å². The lowest BCUT2D eigenvalue weighted by Crippen LogP contribution is -2.38. The quantitative estimate of drug-likeness (QED) is 0.467. The zero-order valence-electron chi connectivity index (χ0n) is 20.8. The molecule has 0 spiro atoms. The maximum Gasteiger partial charge on any atom is 0.0811 e. The first-order chi connectivity index (χ1) is 14.8. The van der Waals surface area contributed by atoms with Crippen molar-refractivity contribution >= 4 is 0 Å². The molecular weight excluding hydrogens is 400 g/mol. The van der Waals surface area contributed by atoms with Gasteiger partial charge in [-0.2, -0.15) is 0 Å². The second-order valence-corrected chi connectivity index (χ2v) is 11.9. The number of aliphatic hydroxyl groups is 4. The van der Waals surface area contributed by atoms with Crippen LogP contribution in [0.15, 0.2) is 35.5 Å². The number of aliphatic hydroxyl groups excluding tert-OH is 3. The molecule has 0 saturated heterocycles. The van der Waals surface area contributed by atoms with Crippen molar-refractivity contribution in [2.24, 2.45) is 29.1 Å². The Hall–Kier alpha value is -0.940. The molecule has 0 aromatic rings. The minimum Gasteiger partial charge on any atom is -0.393 e. The topological polar surface area (TPSA) is 80.9 Å². The molecule has 3 aliphatic carbocycles. The number of hydrogen-bond acceptors (Lipinski definition) is 4. The van der Waals surface area contributed by atoms with Crippen molar-refractivity contribution in [2.75, 3.05) is 0 Å². The van der Waals surface area contributed by atoms with Crippen LogP contribution in [-0.4, -0.2) is 44.3 Å². The van der Waals surface area contributed by atoms with E-state index in [2.05, 4.69) is 33.4 Å². The maximum absolute atomic E-state index is 11.2. The van der Waals surface area contributed by atoms with Crippen molar-refractivity contribution < 1.29 is 20.4 Å². The van der Waals surface area contributed by atoms with E-state index in [1.165, 1.54) is 5.57 Å². The summed E-state index contributed by atoms with van der Waals surface area (Å²) in [4.78, 5) is 0. The molecule has 0 aliphatic heterocycles. The van der Waals surface area contributed by atoms with Crippen molar-refractivity contribution in [3.63, 3.8) is 0 Å². The molecule has 3 aliphatic rings. The minimum absolute atomic E-state index is 0.0853. The second-order valence-electron chi connectivity index (χ2n) is 11.9. The molecule has 4 nitrogen and oxygen atoms in total. The lowest BCUT2D eigenvalue weighted by Gasteiger charge is -2.44. The molecule has 0 amide bonds. The van der Waals surface area contributed by atoms with Gasteiger partial charge in [0.25, 0.3) is 0 Å². The van der Waals surface area contributed by atoms with Crippen LogP contribution in [0, 0.1) is 29.1 Å². The van der Waals surface area contributed by atoms with E-state index in [4.69, 9.17) is 0 Å². The Bertz CT molecular complexity index is 745. The van der Waals surface area contributed by atoms with Gasteiger partial charge in [-0.05, 0) is 86.7 Å². The standard InChI is InChI=1S/C28H46O4/c1-17(9-10-18(2)27(4,5)32)23-16-25(31)26-20(8-7-13-28(23,26)6)11-12-21-14-22(29)15-24(30)19(21)3/h11-12,17-18,22-26,29-32H,3,7-10,13-16H2,1-2,4-6H3/b20-11-,21-12-/t17-,18+,22-,23-,24+,25-,26-,28-/m1/s1. The molecule has 3 rings (SSSR count). The first-order valence-corrected chi connectivity index (χ1v) is 12.7. The van der Waals surface area contributed by atoms with Crippen LogP contribution in [0.1, 0.15) is 86.0 Å². The van der Waals surface area contributed by atoms with Crippen LogP contribution in [0.3, 0.4) is 0 Å². The number of fused-ring (bicyclic) bond motifs is 1. The summed E-state index contributed by atoms with van der Waals surface area (Å²) in [5.74, 6) is 1.40. The monoisotopic (exact) mass is 446 g/mol. The Balaban J connectivity index is 1.77. The predicted octanol–water partition coefficient (Wildman–Crippen LogP) is 4.92. The largest absolute Gasteiger partial charge is 0.393 e. The van der Waals surface area contributed by atoms with Crippen molar-refractivity contribution in [1.82, 2.24) is 0 Å². The fourth-order valence-corrected chi connectivity index (χ4v) is 6.78. The Kier molecular flexibility index (Phi) is 7.81. The zero-order chi connectivity index (χ0) is 23.8. The van der Waals surface area contributed by atoms with E-state index < -0.39 is 17.8 Å². The molecule has 4 heteroatoms. The molecule has 0 bridgehead atoms. The van der Waals surface area contributed by atoms with E-state index >= 15 is 0 Å².